The molecule has 0 spiro atoms. The molecule has 0 atom stereocenters. The van der Waals surface area contributed by atoms with Crippen LogP contribution in [0.5, 0.6) is 0 Å². The molecule has 2 rings (SSSR count). The van der Waals surface area contributed by atoms with Crippen LogP contribution in [0.3, 0.4) is 0 Å². The van der Waals surface area contributed by atoms with Gasteiger partial charge in [-0.25, -0.2) is 4.98 Å². The van der Waals surface area contributed by atoms with Crippen molar-refractivity contribution in [2.75, 3.05) is 24.5 Å². The summed E-state index contributed by atoms with van der Waals surface area (Å²) in [6, 6.07) is 4.02. The molecule has 1 aromatic heterocycles. The topological polar surface area (TPSA) is 28.2 Å². The summed E-state index contributed by atoms with van der Waals surface area (Å²) in [5, 5.41) is 4.13. The maximum atomic E-state index is 6.24. The lowest BCUT2D eigenvalue weighted by atomic mass is 9.83. The van der Waals surface area contributed by atoms with Crippen molar-refractivity contribution < 1.29 is 0 Å². The third-order valence-corrected chi connectivity index (χ3v) is 4.41. The van der Waals surface area contributed by atoms with Gasteiger partial charge in [-0.05, 0) is 43.4 Å². The number of nitrogens with zero attached hydrogens (tertiary/aromatic N) is 2. The second-order valence-electron chi connectivity index (χ2n) is 6.43. The van der Waals surface area contributed by atoms with Gasteiger partial charge in [-0.2, -0.15) is 0 Å². The van der Waals surface area contributed by atoms with Crippen molar-refractivity contribution in [2.45, 2.75) is 46.6 Å². The van der Waals surface area contributed by atoms with Crippen LogP contribution in [-0.2, 0) is 6.54 Å². The van der Waals surface area contributed by atoms with Crippen molar-refractivity contribution in [1.29, 1.82) is 0 Å². The van der Waals surface area contributed by atoms with Crippen molar-refractivity contribution in [3.8, 4) is 0 Å². The summed E-state index contributed by atoms with van der Waals surface area (Å²) in [4.78, 5) is 7.13. The molecule has 0 bridgehead atoms. The van der Waals surface area contributed by atoms with Crippen LogP contribution in [-0.4, -0.2) is 24.6 Å². The molecule has 0 aliphatic carbocycles. The van der Waals surface area contributed by atoms with Crippen LogP contribution in [0.1, 0.15) is 45.7 Å². The van der Waals surface area contributed by atoms with Crippen LogP contribution < -0.4 is 10.2 Å². The number of piperidine rings is 1. The highest BCUT2D eigenvalue weighted by Gasteiger charge is 2.26. The fourth-order valence-corrected chi connectivity index (χ4v) is 2.67. The molecule has 0 radical (unpaired) electrons. The van der Waals surface area contributed by atoms with Crippen LogP contribution >= 0.6 is 11.6 Å². The highest BCUT2D eigenvalue weighted by atomic mass is 35.5. The second kappa shape index (κ2) is 6.77. The van der Waals surface area contributed by atoms with Gasteiger partial charge in [0.1, 0.15) is 5.82 Å². The number of hydrogen-bond acceptors (Lipinski definition) is 3. The van der Waals surface area contributed by atoms with Gasteiger partial charge in [0, 0.05) is 19.6 Å². The van der Waals surface area contributed by atoms with Crippen LogP contribution in [0.25, 0.3) is 0 Å². The lowest BCUT2D eigenvalue weighted by Gasteiger charge is -2.37. The molecule has 2 heterocycles. The van der Waals surface area contributed by atoms with E-state index in [1.807, 2.05) is 12.1 Å². The number of rotatable bonds is 5. The first-order valence-corrected chi connectivity index (χ1v) is 8.01. The first kappa shape index (κ1) is 15.6. The molecule has 0 aromatic carbocycles. The average molecular weight is 296 g/mol. The summed E-state index contributed by atoms with van der Waals surface area (Å²) >= 11 is 6.24. The summed E-state index contributed by atoms with van der Waals surface area (Å²) in [6.07, 6.45) is 3.57. The quantitative estimate of drug-likeness (QED) is 0.836. The summed E-state index contributed by atoms with van der Waals surface area (Å²) in [6.45, 7) is 10.8. The standard InChI is InChI=1S/C16H26ClN3/c1-4-9-18-12-14-13(17)5-6-15(19-14)20-10-7-16(2,3)8-11-20/h5-6,18H,4,7-12H2,1-3H3. The van der Waals surface area contributed by atoms with Gasteiger partial charge in [-0.1, -0.05) is 32.4 Å². The Bertz CT molecular complexity index is 435. The Morgan fingerprint density at radius 1 is 1.30 bits per heavy atom. The zero-order chi connectivity index (χ0) is 14.6. The average Bonchev–Trinajstić information content (AvgIpc) is 2.41. The largest absolute Gasteiger partial charge is 0.357 e. The molecule has 0 unspecified atom stereocenters. The van der Waals surface area contributed by atoms with E-state index >= 15 is 0 Å². The minimum Gasteiger partial charge on any atom is -0.357 e. The molecule has 1 aliphatic rings. The van der Waals surface area contributed by atoms with Crippen LogP contribution in [0, 0.1) is 5.41 Å². The van der Waals surface area contributed by atoms with E-state index in [1.54, 1.807) is 0 Å². The van der Waals surface area contributed by atoms with Gasteiger partial charge < -0.3 is 10.2 Å². The number of anilines is 1. The van der Waals surface area contributed by atoms with Crippen LogP contribution in [0.4, 0.5) is 5.82 Å². The molecule has 0 amide bonds. The smallest absolute Gasteiger partial charge is 0.128 e. The van der Waals surface area contributed by atoms with Gasteiger partial charge in [-0.15, -0.1) is 0 Å². The van der Waals surface area contributed by atoms with E-state index < -0.39 is 0 Å². The maximum absolute atomic E-state index is 6.24. The second-order valence-corrected chi connectivity index (χ2v) is 6.83. The SMILES string of the molecule is CCCNCc1nc(N2CCC(C)(C)CC2)ccc1Cl. The Kier molecular flexibility index (Phi) is 5.28. The molecule has 4 heteroatoms. The van der Waals surface area contributed by atoms with Crippen molar-refractivity contribution in [1.82, 2.24) is 10.3 Å². The zero-order valence-corrected chi connectivity index (χ0v) is 13.6. The van der Waals surface area contributed by atoms with E-state index in [9.17, 15) is 0 Å². The lowest BCUT2D eigenvalue weighted by Crippen LogP contribution is -2.37. The van der Waals surface area contributed by atoms with Gasteiger partial charge in [0.2, 0.25) is 0 Å². The Hall–Kier alpha value is -0.800. The molecule has 1 fully saturated rings. The summed E-state index contributed by atoms with van der Waals surface area (Å²) in [7, 11) is 0. The molecule has 3 nitrogen and oxygen atoms in total. The maximum Gasteiger partial charge on any atom is 0.128 e. The van der Waals surface area contributed by atoms with Crippen LogP contribution in [0.15, 0.2) is 12.1 Å². The first-order valence-electron chi connectivity index (χ1n) is 7.63. The van der Waals surface area contributed by atoms with Gasteiger partial charge >= 0.3 is 0 Å². The molecule has 1 aromatic rings. The molecule has 20 heavy (non-hydrogen) atoms. The van der Waals surface area contributed by atoms with Crippen LogP contribution in [0.2, 0.25) is 5.02 Å². The third-order valence-electron chi connectivity index (χ3n) is 4.06. The van der Waals surface area contributed by atoms with Crippen molar-refractivity contribution in [3.63, 3.8) is 0 Å². The number of halogens is 1. The van der Waals surface area contributed by atoms with Gasteiger partial charge in [0.05, 0.1) is 10.7 Å². The van der Waals surface area contributed by atoms with E-state index in [1.165, 1.54) is 12.8 Å². The molecule has 0 saturated carbocycles. The fourth-order valence-electron chi connectivity index (χ4n) is 2.50. The molecule has 1 saturated heterocycles. The fraction of sp³-hybridized carbons (Fsp3) is 0.688. The van der Waals surface area contributed by atoms with E-state index in [0.29, 0.717) is 5.41 Å². The highest BCUT2D eigenvalue weighted by Crippen LogP contribution is 2.32. The van der Waals surface area contributed by atoms with E-state index in [4.69, 9.17) is 16.6 Å². The summed E-state index contributed by atoms with van der Waals surface area (Å²) in [5.74, 6) is 1.07. The first-order chi connectivity index (χ1) is 9.52. The Labute approximate surface area is 127 Å². The Morgan fingerprint density at radius 3 is 2.65 bits per heavy atom. The Morgan fingerprint density at radius 2 is 2.00 bits per heavy atom. The third kappa shape index (κ3) is 4.10. The zero-order valence-electron chi connectivity index (χ0n) is 12.9. The van der Waals surface area contributed by atoms with Gasteiger partial charge in [-0.3, -0.25) is 0 Å². The molecular weight excluding hydrogens is 270 g/mol. The van der Waals surface area contributed by atoms with Gasteiger partial charge in [0.15, 0.2) is 0 Å². The number of aromatic nitrogens is 1. The van der Waals surface area contributed by atoms with Crippen molar-refractivity contribution in [2.24, 2.45) is 5.41 Å². The normalized spacial score (nSPS) is 18.3. The highest BCUT2D eigenvalue weighted by molar-refractivity contribution is 6.31. The summed E-state index contributed by atoms with van der Waals surface area (Å²) in [5.41, 5.74) is 1.43. The summed E-state index contributed by atoms with van der Waals surface area (Å²) < 4.78 is 0. The van der Waals surface area contributed by atoms with E-state index in [-0.39, 0.29) is 0 Å². The molecular formula is C16H26ClN3. The minimum atomic E-state index is 0.467. The van der Waals surface area contributed by atoms with Crippen molar-refractivity contribution in [3.05, 3.63) is 22.8 Å². The minimum absolute atomic E-state index is 0.467. The molecule has 1 aliphatic heterocycles. The lowest BCUT2D eigenvalue weighted by molar-refractivity contribution is 0.279. The Balaban J connectivity index is 2.03. The molecule has 1 N–H and O–H groups in total. The van der Waals surface area contributed by atoms with Gasteiger partial charge in [0.25, 0.3) is 0 Å². The van der Waals surface area contributed by atoms with Crippen molar-refractivity contribution >= 4 is 17.4 Å². The van der Waals surface area contributed by atoms with E-state index in [0.717, 1.165) is 49.1 Å². The number of pyridine rings is 1. The number of nitrogens with one attached hydrogen (secondary N) is 1. The monoisotopic (exact) mass is 295 g/mol. The predicted molar refractivity (Wildman–Crippen MR) is 86.5 cm³/mol. The molecule has 112 valence electrons. The predicted octanol–water partition coefficient (Wildman–Crippen LogP) is 3.86. The number of hydrogen-bond donors (Lipinski definition) is 1. The van der Waals surface area contributed by atoms with E-state index in [2.05, 4.69) is 31.0 Å².